The van der Waals surface area contributed by atoms with E-state index in [9.17, 15) is 4.79 Å². The standard InChI is InChI=1S/C14H20N2O2/c1-10-3-6-13(12-4-5-12)14(9-10)18-16(8-7-15)11(2)17/h3,6,9,12H,4-5,7-8,15H2,1-2H3. The van der Waals surface area contributed by atoms with E-state index in [0.29, 0.717) is 19.0 Å². The van der Waals surface area contributed by atoms with Gasteiger partial charge in [-0.2, -0.15) is 5.06 Å². The van der Waals surface area contributed by atoms with Crippen LogP contribution in [0.2, 0.25) is 0 Å². The number of hydrogen-bond acceptors (Lipinski definition) is 3. The minimum atomic E-state index is -0.122. The molecule has 4 nitrogen and oxygen atoms in total. The Balaban J connectivity index is 2.20. The van der Waals surface area contributed by atoms with Crippen LogP contribution in [0.1, 0.15) is 36.8 Å². The molecule has 1 aromatic rings. The number of nitrogens with two attached hydrogens (primary N) is 1. The van der Waals surface area contributed by atoms with Crippen LogP contribution in [0, 0.1) is 6.92 Å². The lowest BCUT2D eigenvalue weighted by atomic mass is 10.1. The van der Waals surface area contributed by atoms with Crippen molar-refractivity contribution in [3.05, 3.63) is 29.3 Å². The van der Waals surface area contributed by atoms with Gasteiger partial charge in [0.2, 0.25) is 0 Å². The molecule has 1 aromatic carbocycles. The predicted molar refractivity (Wildman–Crippen MR) is 70.2 cm³/mol. The molecule has 1 aliphatic rings. The number of aryl methyl sites for hydroxylation is 1. The van der Waals surface area contributed by atoms with Gasteiger partial charge in [0, 0.05) is 19.0 Å². The van der Waals surface area contributed by atoms with Gasteiger partial charge < -0.3 is 10.6 Å². The van der Waals surface area contributed by atoms with E-state index < -0.39 is 0 Å². The van der Waals surface area contributed by atoms with Gasteiger partial charge >= 0.3 is 0 Å². The number of hydroxylamine groups is 2. The largest absolute Gasteiger partial charge is 0.377 e. The summed E-state index contributed by atoms with van der Waals surface area (Å²) in [5, 5.41) is 1.33. The highest BCUT2D eigenvalue weighted by Crippen LogP contribution is 2.44. The molecule has 0 atom stereocenters. The smallest absolute Gasteiger partial charge is 0.252 e. The van der Waals surface area contributed by atoms with Crippen molar-refractivity contribution >= 4 is 5.91 Å². The fraction of sp³-hybridized carbons (Fsp3) is 0.500. The molecule has 1 amide bonds. The van der Waals surface area contributed by atoms with E-state index >= 15 is 0 Å². The van der Waals surface area contributed by atoms with Crippen LogP contribution in [0.15, 0.2) is 18.2 Å². The summed E-state index contributed by atoms with van der Waals surface area (Å²) in [5.74, 6) is 1.26. The molecule has 2 rings (SSSR count). The van der Waals surface area contributed by atoms with Crippen molar-refractivity contribution in [2.75, 3.05) is 13.1 Å². The molecule has 0 radical (unpaired) electrons. The molecule has 0 spiro atoms. The molecule has 1 saturated carbocycles. The molecular formula is C14H20N2O2. The molecule has 0 unspecified atom stereocenters. The fourth-order valence-corrected chi connectivity index (χ4v) is 1.96. The van der Waals surface area contributed by atoms with Crippen LogP contribution in [0.25, 0.3) is 0 Å². The number of carbonyl (C=O) groups excluding carboxylic acids is 1. The Hall–Kier alpha value is -1.55. The lowest BCUT2D eigenvalue weighted by molar-refractivity contribution is -0.154. The lowest BCUT2D eigenvalue weighted by Crippen LogP contribution is -2.36. The molecule has 0 bridgehead atoms. The third-order valence-electron chi connectivity index (χ3n) is 3.08. The maximum atomic E-state index is 11.5. The van der Waals surface area contributed by atoms with Gasteiger partial charge in [-0.1, -0.05) is 12.1 Å². The van der Waals surface area contributed by atoms with E-state index in [1.807, 2.05) is 13.0 Å². The van der Waals surface area contributed by atoms with Gasteiger partial charge in [-0.15, -0.1) is 0 Å². The number of hydrogen-bond donors (Lipinski definition) is 1. The Bertz CT molecular complexity index is 441. The van der Waals surface area contributed by atoms with Crippen molar-refractivity contribution in [2.24, 2.45) is 5.73 Å². The normalized spacial score (nSPS) is 14.4. The molecule has 1 fully saturated rings. The summed E-state index contributed by atoms with van der Waals surface area (Å²) in [5.41, 5.74) is 7.82. The van der Waals surface area contributed by atoms with Gasteiger partial charge in [-0.3, -0.25) is 4.79 Å². The summed E-state index contributed by atoms with van der Waals surface area (Å²) >= 11 is 0. The number of nitrogens with zero attached hydrogens (tertiary/aromatic N) is 1. The molecule has 2 N–H and O–H groups in total. The molecule has 0 aromatic heterocycles. The number of benzene rings is 1. The molecule has 0 heterocycles. The molecule has 0 aliphatic heterocycles. The van der Waals surface area contributed by atoms with Crippen LogP contribution in [-0.4, -0.2) is 24.1 Å². The summed E-state index contributed by atoms with van der Waals surface area (Å²) in [4.78, 5) is 17.2. The highest BCUT2D eigenvalue weighted by Gasteiger charge is 2.27. The zero-order valence-electron chi connectivity index (χ0n) is 11.0. The van der Waals surface area contributed by atoms with Crippen LogP contribution in [0.5, 0.6) is 5.75 Å². The Kier molecular flexibility index (Phi) is 3.87. The summed E-state index contributed by atoms with van der Waals surface area (Å²) < 4.78 is 0. The summed E-state index contributed by atoms with van der Waals surface area (Å²) in [6, 6.07) is 6.17. The maximum Gasteiger partial charge on any atom is 0.252 e. The molecule has 4 heteroatoms. The Morgan fingerprint density at radius 1 is 1.50 bits per heavy atom. The molecule has 18 heavy (non-hydrogen) atoms. The first-order valence-electron chi connectivity index (χ1n) is 6.38. The van der Waals surface area contributed by atoms with Crippen molar-refractivity contribution in [2.45, 2.75) is 32.6 Å². The quantitative estimate of drug-likeness (QED) is 0.811. The topological polar surface area (TPSA) is 55.6 Å². The van der Waals surface area contributed by atoms with Gasteiger partial charge in [0.1, 0.15) is 0 Å². The molecular weight excluding hydrogens is 228 g/mol. The van der Waals surface area contributed by atoms with Crippen LogP contribution in [-0.2, 0) is 4.79 Å². The van der Waals surface area contributed by atoms with Crippen molar-refractivity contribution in [3.63, 3.8) is 0 Å². The summed E-state index contributed by atoms with van der Waals surface area (Å²) in [6.07, 6.45) is 2.41. The fourth-order valence-electron chi connectivity index (χ4n) is 1.96. The van der Waals surface area contributed by atoms with E-state index in [4.69, 9.17) is 10.6 Å². The number of amides is 1. The summed E-state index contributed by atoms with van der Waals surface area (Å²) in [7, 11) is 0. The van der Waals surface area contributed by atoms with E-state index in [-0.39, 0.29) is 5.91 Å². The minimum Gasteiger partial charge on any atom is -0.377 e. The zero-order valence-corrected chi connectivity index (χ0v) is 11.0. The number of carbonyl (C=O) groups is 1. The van der Waals surface area contributed by atoms with E-state index in [2.05, 4.69) is 12.1 Å². The van der Waals surface area contributed by atoms with Crippen molar-refractivity contribution in [3.8, 4) is 5.75 Å². The van der Waals surface area contributed by atoms with Crippen molar-refractivity contribution in [1.29, 1.82) is 0 Å². The SMILES string of the molecule is CC(=O)N(CCN)Oc1cc(C)ccc1C1CC1. The van der Waals surface area contributed by atoms with E-state index in [1.165, 1.54) is 30.4 Å². The third kappa shape index (κ3) is 3.01. The first kappa shape index (κ1) is 12.9. The molecule has 1 aliphatic carbocycles. The van der Waals surface area contributed by atoms with Gasteiger partial charge in [0.25, 0.3) is 5.91 Å². The first-order chi connectivity index (χ1) is 8.61. The van der Waals surface area contributed by atoms with Crippen molar-refractivity contribution < 1.29 is 9.63 Å². The highest BCUT2D eigenvalue weighted by atomic mass is 16.7. The molecule has 98 valence electrons. The minimum absolute atomic E-state index is 0.122. The Morgan fingerprint density at radius 2 is 2.22 bits per heavy atom. The average molecular weight is 248 g/mol. The van der Waals surface area contributed by atoms with Crippen LogP contribution >= 0.6 is 0 Å². The Morgan fingerprint density at radius 3 is 2.78 bits per heavy atom. The van der Waals surface area contributed by atoms with E-state index in [1.54, 1.807) is 0 Å². The second-order valence-corrected chi connectivity index (χ2v) is 4.82. The van der Waals surface area contributed by atoms with Crippen molar-refractivity contribution in [1.82, 2.24) is 5.06 Å². The maximum absolute atomic E-state index is 11.5. The van der Waals surface area contributed by atoms with Gasteiger partial charge in [-0.25, -0.2) is 0 Å². The monoisotopic (exact) mass is 248 g/mol. The lowest BCUT2D eigenvalue weighted by Gasteiger charge is -2.22. The highest BCUT2D eigenvalue weighted by molar-refractivity contribution is 5.72. The van der Waals surface area contributed by atoms with Crippen LogP contribution in [0.3, 0.4) is 0 Å². The van der Waals surface area contributed by atoms with E-state index in [0.717, 1.165) is 11.3 Å². The predicted octanol–water partition coefficient (Wildman–Crippen LogP) is 1.97. The average Bonchev–Trinajstić information content (AvgIpc) is 3.12. The third-order valence-corrected chi connectivity index (χ3v) is 3.08. The Labute approximate surface area is 108 Å². The zero-order chi connectivity index (χ0) is 13.1. The van der Waals surface area contributed by atoms with Crippen LogP contribution in [0.4, 0.5) is 0 Å². The second-order valence-electron chi connectivity index (χ2n) is 4.82. The summed E-state index contributed by atoms with van der Waals surface area (Å²) in [6.45, 7) is 4.31. The van der Waals surface area contributed by atoms with Gasteiger partial charge in [0.05, 0.1) is 6.54 Å². The number of rotatable bonds is 5. The second kappa shape index (κ2) is 5.40. The van der Waals surface area contributed by atoms with Gasteiger partial charge in [-0.05, 0) is 37.3 Å². The first-order valence-corrected chi connectivity index (χ1v) is 6.38. The van der Waals surface area contributed by atoms with Gasteiger partial charge in [0.15, 0.2) is 5.75 Å². The molecule has 0 saturated heterocycles. The van der Waals surface area contributed by atoms with Crippen LogP contribution < -0.4 is 10.6 Å².